The van der Waals surface area contributed by atoms with Gasteiger partial charge in [-0.3, -0.25) is 14.5 Å². The van der Waals surface area contributed by atoms with E-state index in [1.165, 1.54) is 4.90 Å². The number of aryl methyl sites for hydroxylation is 2. The molecular weight excluding hydrogens is 436 g/mol. The highest BCUT2D eigenvalue weighted by Gasteiger charge is 2.47. The fraction of sp³-hybridized carbons (Fsp3) is 0.267. The largest absolute Gasteiger partial charge is 0.507 e. The van der Waals surface area contributed by atoms with Gasteiger partial charge >= 0.3 is 0 Å². The van der Waals surface area contributed by atoms with Crippen LogP contribution in [-0.4, -0.2) is 30.9 Å². The van der Waals surface area contributed by atoms with Gasteiger partial charge in [-0.2, -0.15) is 0 Å². The molecular formula is C30H32N2O3. The lowest BCUT2D eigenvalue weighted by Gasteiger charge is -2.26. The minimum absolute atomic E-state index is 0.104. The van der Waals surface area contributed by atoms with Gasteiger partial charge in [0, 0.05) is 31.0 Å². The number of hydrogen-bond acceptors (Lipinski definition) is 4. The number of ketones is 1. The lowest BCUT2D eigenvalue weighted by Crippen LogP contribution is -2.29. The van der Waals surface area contributed by atoms with E-state index >= 15 is 0 Å². The summed E-state index contributed by atoms with van der Waals surface area (Å²) in [6.07, 6.45) is 0. The van der Waals surface area contributed by atoms with Crippen molar-refractivity contribution in [3.05, 3.63) is 100 Å². The number of amides is 1. The van der Waals surface area contributed by atoms with Crippen molar-refractivity contribution in [3.8, 4) is 0 Å². The Kier molecular flexibility index (Phi) is 6.53. The maximum atomic E-state index is 13.4. The van der Waals surface area contributed by atoms with Gasteiger partial charge in [0.05, 0.1) is 11.6 Å². The Morgan fingerprint density at radius 2 is 1.51 bits per heavy atom. The Hall–Kier alpha value is -3.86. The zero-order chi connectivity index (χ0) is 25.4. The minimum atomic E-state index is -0.733. The van der Waals surface area contributed by atoms with Crippen LogP contribution in [0.25, 0.3) is 5.76 Å². The zero-order valence-electron chi connectivity index (χ0n) is 21.2. The third-order valence-electron chi connectivity index (χ3n) is 6.79. The average Bonchev–Trinajstić information content (AvgIpc) is 3.10. The number of hydrogen-bond donors (Lipinski definition) is 1. The number of aliphatic hydroxyl groups is 1. The van der Waals surface area contributed by atoms with Crippen LogP contribution < -0.4 is 9.80 Å². The summed E-state index contributed by atoms with van der Waals surface area (Å²) in [7, 11) is 3.89. The highest BCUT2D eigenvalue weighted by atomic mass is 16.3. The fourth-order valence-electron chi connectivity index (χ4n) is 4.43. The topological polar surface area (TPSA) is 60.9 Å². The van der Waals surface area contributed by atoms with Crippen LogP contribution in [0.5, 0.6) is 0 Å². The molecule has 3 aromatic carbocycles. The van der Waals surface area contributed by atoms with Crippen molar-refractivity contribution in [1.82, 2.24) is 0 Å². The van der Waals surface area contributed by atoms with Crippen molar-refractivity contribution in [1.29, 1.82) is 0 Å². The number of rotatable bonds is 5. The van der Waals surface area contributed by atoms with Crippen LogP contribution in [0, 0.1) is 13.8 Å². The van der Waals surface area contributed by atoms with Gasteiger partial charge in [0.1, 0.15) is 5.76 Å². The molecule has 180 valence electrons. The third-order valence-corrected chi connectivity index (χ3v) is 6.79. The summed E-state index contributed by atoms with van der Waals surface area (Å²) < 4.78 is 0. The molecule has 35 heavy (non-hydrogen) atoms. The molecule has 5 heteroatoms. The fourth-order valence-corrected chi connectivity index (χ4v) is 4.43. The molecule has 1 atom stereocenters. The van der Waals surface area contributed by atoms with Gasteiger partial charge in [-0.25, -0.2) is 0 Å². The number of carbonyl (C=O) groups is 2. The first kappa shape index (κ1) is 24.3. The van der Waals surface area contributed by atoms with Gasteiger partial charge < -0.3 is 10.0 Å². The predicted molar refractivity (Wildman–Crippen MR) is 142 cm³/mol. The molecule has 0 saturated carbocycles. The molecule has 3 aromatic rings. The quantitative estimate of drug-likeness (QED) is 0.278. The standard InChI is InChI=1S/C30H32N2O3/c1-18(2)21-9-11-22(12-10-21)27-26(28(33)23-8-7-19(3)20(4)17-23)29(34)30(35)32(27)25-15-13-24(14-16-25)31(5)6/h7-18,27,33H,1-6H3/b28-26-. The first-order chi connectivity index (χ1) is 16.6. The molecule has 0 aliphatic carbocycles. The maximum absolute atomic E-state index is 13.4. The van der Waals surface area contributed by atoms with Gasteiger partial charge in [0.15, 0.2) is 0 Å². The van der Waals surface area contributed by atoms with Crippen LogP contribution in [0.3, 0.4) is 0 Å². The van der Waals surface area contributed by atoms with Gasteiger partial charge in [0.2, 0.25) is 0 Å². The summed E-state index contributed by atoms with van der Waals surface area (Å²) in [6.45, 7) is 8.19. The number of anilines is 2. The third kappa shape index (κ3) is 4.46. The van der Waals surface area contributed by atoms with E-state index in [4.69, 9.17) is 0 Å². The number of carbonyl (C=O) groups excluding carboxylic acids is 2. The van der Waals surface area contributed by atoms with Crippen molar-refractivity contribution in [3.63, 3.8) is 0 Å². The van der Waals surface area contributed by atoms with E-state index in [2.05, 4.69) is 13.8 Å². The molecule has 0 bridgehead atoms. The monoisotopic (exact) mass is 468 g/mol. The van der Waals surface area contributed by atoms with Crippen LogP contribution in [0.1, 0.15) is 53.6 Å². The van der Waals surface area contributed by atoms with Crippen molar-refractivity contribution in [2.75, 3.05) is 23.9 Å². The highest BCUT2D eigenvalue weighted by molar-refractivity contribution is 6.51. The normalized spacial score (nSPS) is 17.3. The van der Waals surface area contributed by atoms with E-state index in [0.717, 1.165) is 27.9 Å². The highest BCUT2D eigenvalue weighted by Crippen LogP contribution is 2.42. The second-order valence-corrected chi connectivity index (χ2v) is 9.70. The molecule has 1 aliphatic rings. The van der Waals surface area contributed by atoms with Gasteiger partial charge in [0.25, 0.3) is 11.7 Å². The van der Waals surface area contributed by atoms with Gasteiger partial charge in [-0.1, -0.05) is 50.2 Å². The summed E-state index contributed by atoms with van der Waals surface area (Å²) in [4.78, 5) is 30.2. The molecule has 4 rings (SSSR count). The van der Waals surface area contributed by atoms with E-state index in [0.29, 0.717) is 17.2 Å². The van der Waals surface area contributed by atoms with E-state index < -0.39 is 17.7 Å². The van der Waals surface area contributed by atoms with Crippen LogP contribution in [0.4, 0.5) is 11.4 Å². The Labute approximate surface area is 207 Å². The number of aliphatic hydroxyl groups excluding tert-OH is 1. The number of Topliss-reactive ketones (excluding diaryl/α,β-unsaturated/α-hetero) is 1. The first-order valence-corrected chi connectivity index (χ1v) is 11.9. The lowest BCUT2D eigenvalue weighted by molar-refractivity contribution is -0.132. The van der Waals surface area contributed by atoms with Crippen LogP contribution in [-0.2, 0) is 9.59 Å². The van der Waals surface area contributed by atoms with Crippen molar-refractivity contribution in [2.24, 2.45) is 0 Å². The molecule has 1 N–H and O–H groups in total. The van der Waals surface area contributed by atoms with Crippen molar-refractivity contribution in [2.45, 2.75) is 39.7 Å². The Morgan fingerprint density at radius 1 is 0.886 bits per heavy atom. The lowest BCUT2D eigenvalue weighted by atomic mass is 9.92. The van der Waals surface area contributed by atoms with Crippen LogP contribution in [0.15, 0.2) is 72.3 Å². The predicted octanol–water partition coefficient (Wildman–Crippen LogP) is 6.12. The van der Waals surface area contributed by atoms with E-state index in [1.54, 1.807) is 6.07 Å². The smallest absolute Gasteiger partial charge is 0.300 e. The van der Waals surface area contributed by atoms with Crippen LogP contribution in [0.2, 0.25) is 0 Å². The Balaban J connectivity index is 1.91. The molecule has 1 amide bonds. The van der Waals surface area contributed by atoms with E-state index in [1.807, 2.05) is 93.5 Å². The summed E-state index contributed by atoms with van der Waals surface area (Å²) in [5, 5.41) is 11.4. The summed E-state index contributed by atoms with van der Waals surface area (Å²) >= 11 is 0. The van der Waals surface area contributed by atoms with E-state index in [9.17, 15) is 14.7 Å². The molecule has 5 nitrogen and oxygen atoms in total. The van der Waals surface area contributed by atoms with Crippen LogP contribution >= 0.6 is 0 Å². The number of nitrogens with zero attached hydrogens (tertiary/aromatic N) is 2. The van der Waals surface area contributed by atoms with E-state index in [-0.39, 0.29) is 11.3 Å². The Bertz CT molecular complexity index is 1300. The first-order valence-electron chi connectivity index (χ1n) is 11.9. The molecule has 0 aromatic heterocycles. The summed E-state index contributed by atoms with van der Waals surface area (Å²) in [6, 6.07) is 20.2. The Morgan fingerprint density at radius 3 is 2.06 bits per heavy atom. The molecule has 1 fully saturated rings. The molecule has 1 saturated heterocycles. The van der Waals surface area contributed by atoms with Crippen molar-refractivity contribution < 1.29 is 14.7 Å². The second kappa shape index (κ2) is 9.41. The van der Waals surface area contributed by atoms with Gasteiger partial charge in [-0.05, 0) is 72.4 Å². The zero-order valence-corrected chi connectivity index (χ0v) is 21.2. The molecule has 1 aliphatic heterocycles. The van der Waals surface area contributed by atoms with Crippen molar-refractivity contribution >= 4 is 28.8 Å². The SMILES string of the molecule is Cc1ccc(/C(O)=C2/C(=O)C(=O)N(c3ccc(N(C)C)cc3)C2c2ccc(C(C)C)cc2)cc1C. The minimum Gasteiger partial charge on any atom is -0.507 e. The summed E-state index contributed by atoms with van der Waals surface area (Å²) in [5.41, 5.74) is 6.24. The molecule has 0 spiro atoms. The maximum Gasteiger partial charge on any atom is 0.300 e. The molecule has 1 heterocycles. The molecule has 1 unspecified atom stereocenters. The average molecular weight is 469 g/mol. The van der Waals surface area contributed by atoms with Gasteiger partial charge in [-0.15, -0.1) is 0 Å². The molecule has 0 radical (unpaired) electrons. The second-order valence-electron chi connectivity index (χ2n) is 9.70. The number of benzene rings is 3. The summed E-state index contributed by atoms with van der Waals surface area (Å²) in [5.74, 6) is -1.14.